The summed E-state index contributed by atoms with van der Waals surface area (Å²) in [6.07, 6.45) is 6.67. The van der Waals surface area contributed by atoms with Crippen molar-refractivity contribution in [1.29, 1.82) is 0 Å². The molecule has 3 fully saturated rings. The quantitative estimate of drug-likeness (QED) is 0.766. The van der Waals surface area contributed by atoms with E-state index in [1.54, 1.807) is 9.80 Å². The van der Waals surface area contributed by atoms with Crippen molar-refractivity contribution in [1.82, 2.24) is 24.7 Å². The van der Waals surface area contributed by atoms with Crippen LogP contribution in [0.3, 0.4) is 0 Å². The number of hydrogen-bond acceptors (Lipinski definition) is 4. The summed E-state index contributed by atoms with van der Waals surface area (Å²) in [5, 5.41) is 0. The van der Waals surface area contributed by atoms with Gasteiger partial charge in [0.05, 0.1) is 17.6 Å². The van der Waals surface area contributed by atoms with E-state index in [1.165, 1.54) is 11.3 Å². The molecule has 8 heteroatoms. The van der Waals surface area contributed by atoms with Crippen LogP contribution in [-0.2, 0) is 16.0 Å². The van der Waals surface area contributed by atoms with Crippen LogP contribution in [0.4, 0.5) is 4.79 Å². The van der Waals surface area contributed by atoms with Gasteiger partial charge in [-0.05, 0) is 31.4 Å². The molecule has 8 nitrogen and oxygen atoms in total. The molecule has 0 bridgehead atoms. The molecule has 4 amide bonds. The number of benzene rings is 1. The van der Waals surface area contributed by atoms with Crippen molar-refractivity contribution in [3.05, 3.63) is 30.1 Å². The van der Waals surface area contributed by atoms with Gasteiger partial charge < -0.3 is 14.8 Å². The average Bonchev–Trinajstić information content (AvgIpc) is 3.20. The first-order valence-electron chi connectivity index (χ1n) is 11.5. The summed E-state index contributed by atoms with van der Waals surface area (Å²) < 4.78 is 0. The predicted molar refractivity (Wildman–Crippen MR) is 115 cm³/mol. The van der Waals surface area contributed by atoms with Crippen molar-refractivity contribution in [2.24, 2.45) is 0 Å². The van der Waals surface area contributed by atoms with Crippen molar-refractivity contribution < 1.29 is 14.4 Å². The van der Waals surface area contributed by atoms with E-state index in [9.17, 15) is 14.4 Å². The number of imide groups is 1. The van der Waals surface area contributed by atoms with Crippen LogP contribution in [0, 0.1) is 0 Å². The lowest BCUT2D eigenvalue weighted by atomic mass is 9.94. The lowest BCUT2D eigenvalue weighted by molar-refractivity contribution is -0.134. The van der Waals surface area contributed by atoms with Crippen LogP contribution >= 0.6 is 0 Å². The highest BCUT2D eigenvalue weighted by atomic mass is 16.2. The monoisotopic (exact) mass is 423 g/mol. The first-order chi connectivity index (χ1) is 15.1. The van der Waals surface area contributed by atoms with Crippen molar-refractivity contribution in [2.45, 2.75) is 63.5 Å². The number of nitrogens with one attached hydrogen (secondary N) is 1. The summed E-state index contributed by atoms with van der Waals surface area (Å²) in [5.41, 5.74) is 1.86. The van der Waals surface area contributed by atoms with Crippen molar-refractivity contribution in [2.75, 3.05) is 19.6 Å². The highest BCUT2D eigenvalue weighted by Crippen LogP contribution is 2.30. The predicted octanol–water partition coefficient (Wildman–Crippen LogP) is 2.69. The molecule has 2 aromatic rings. The van der Waals surface area contributed by atoms with Crippen molar-refractivity contribution >= 4 is 28.9 Å². The Hall–Kier alpha value is -2.90. The van der Waals surface area contributed by atoms with E-state index in [0.717, 1.165) is 42.5 Å². The molecule has 5 rings (SSSR count). The van der Waals surface area contributed by atoms with Crippen molar-refractivity contribution in [3.63, 3.8) is 0 Å². The molecule has 1 atom stereocenters. The van der Waals surface area contributed by atoms with Gasteiger partial charge in [0, 0.05) is 32.0 Å². The molecule has 3 aliphatic rings. The van der Waals surface area contributed by atoms with Gasteiger partial charge in [-0.25, -0.2) is 9.78 Å². The normalized spacial score (nSPS) is 22.8. The van der Waals surface area contributed by atoms with E-state index in [0.29, 0.717) is 38.9 Å². The van der Waals surface area contributed by atoms with Gasteiger partial charge in [0.25, 0.3) is 5.91 Å². The van der Waals surface area contributed by atoms with Gasteiger partial charge in [0.1, 0.15) is 11.9 Å². The van der Waals surface area contributed by atoms with E-state index in [1.807, 2.05) is 24.3 Å². The van der Waals surface area contributed by atoms with E-state index >= 15 is 0 Å². The van der Waals surface area contributed by atoms with Gasteiger partial charge in [0.15, 0.2) is 0 Å². The molecule has 1 N–H and O–H groups in total. The lowest BCUT2D eigenvalue weighted by Crippen LogP contribution is -2.45. The minimum atomic E-state index is -0.535. The highest BCUT2D eigenvalue weighted by Gasteiger charge is 2.49. The molecule has 2 aliphatic heterocycles. The van der Waals surface area contributed by atoms with Crippen LogP contribution in [-0.4, -0.2) is 74.2 Å². The topological polar surface area (TPSA) is 89.6 Å². The van der Waals surface area contributed by atoms with E-state index < -0.39 is 6.04 Å². The van der Waals surface area contributed by atoms with Crippen LogP contribution in [0.25, 0.3) is 11.0 Å². The number of carbonyl (C=O) groups excluding carboxylic acids is 3. The molecule has 1 saturated carbocycles. The Labute approximate surface area is 181 Å². The van der Waals surface area contributed by atoms with Gasteiger partial charge in [-0.2, -0.15) is 0 Å². The summed E-state index contributed by atoms with van der Waals surface area (Å²) in [4.78, 5) is 51.9. The zero-order valence-corrected chi connectivity index (χ0v) is 17.8. The standard InChI is InChI=1S/C23H29N5O3/c29-21(12-11-20-24-17-9-4-5-10-18(17)25-20)26-13-6-14-27-19(15-26)22(30)28(23(27)31)16-7-2-1-3-8-16/h4-5,9-10,16,19H,1-3,6-8,11-15H2,(H,24,25). The van der Waals surface area contributed by atoms with Gasteiger partial charge in [-0.1, -0.05) is 31.4 Å². The number of rotatable bonds is 4. The fraction of sp³-hybridized carbons (Fsp3) is 0.565. The maximum atomic E-state index is 13.2. The number of para-hydroxylation sites is 2. The second-order valence-electron chi connectivity index (χ2n) is 8.89. The summed E-state index contributed by atoms with van der Waals surface area (Å²) in [5.74, 6) is 0.689. The zero-order valence-electron chi connectivity index (χ0n) is 17.8. The van der Waals surface area contributed by atoms with Crippen LogP contribution in [0.2, 0.25) is 0 Å². The molecular formula is C23H29N5O3. The van der Waals surface area contributed by atoms with Gasteiger partial charge >= 0.3 is 6.03 Å². The van der Waals surface area contributed by atoms with Gasteiger partial charge in [-0.15, -0.1) is 0 Å². The van der Waals surface area contributed by atoms with Crippen molar-refractivity contribution in [3.8, 4) is 0 Å². The maximum Gasteiger partial charge on any atom is 0.327 e. The average molecular weight is 424 g/mol. The number of urea groups is 1. The third kappa shape index (κ3) is 3.79. The number of aromatic nitrogens is 2. The second-order valence-corrected chi connectivity index (χ2v) is 8.89. The minimum absolute atomic E-state index is 0.0127. The molecule has 2 saturated heterocycles. The number of amides is 4. The number of imidazole rings is 1. The highest BCUT2D eigenvalue weighted by molar-refractivity contribution is 6.05. The molecule has 164 valence electrons. The summed E-state index contributed by atoms with van der Waals surface area (Å²) in [6.45, 7) is 1.41. The van der Waals surface area contributed by atoms with Crippen LogP contribution < -0.4 is 0 Å². The van der Waals surface area contributed by atoms with Crippen LogP contribution in [0.5, 0.6) is 0 Å². The van der Waals surface area contributed by atoms with Crippen LogP contribution in [0.1, 0.15) is 50.8 Å². The molecule has 0 spiro atoms. The fourth-order valence-electron chi connectivity index (χ4n) is 5.23. The Balaban J connectivity index is 1.24. The lowest BCUT2D eigenvalue weighted by Gasteiger charge is -2.29. The molecule has 1 unspecified atom stereocenters. The third-order valence-electron chi connectivity index (χ3n) is 6.88. The van der Waals surface area contributed by atoms with E-state index in [2.05, 4.69) is 9.97 Å². The Morgan fingerprint density at radius 3 is 2.68 bits per heavy atom. The first kappa shape index (κ1) is 20.0. The molecule has 1 aromatic carbocycles. The largest absolute Gasteiger partial charge is 0.342 e. The summed E-state index contributed by atoms with van der Waals surface area (Å²) >= 11 is 0. The molecule has 31 heavy (non-hydrogen) atoms. The zero-order chi connectivity index (χ0) is 21.4. The Bertz CT molecular complexity index is 963. The summed E-state index contributed by atoms with van der Waals surface area (Å²) in [7, 11) is 0. The molecule has 3 heterocycles. The SMILES string of the molecule is O=C(CCc1nc2ccccc2[nH]1)N1CCCN2C(=O)N(C3CCCCC3)C(=O)C2C1. The number of carbonyl (C=O) groups is 3. The number of fused-ring (bicyclic) bond motifs is 2. The smallest absolute Gasteiger partial charge is 0.327 e. The van der Waals surface area contributed by atoms with E-state index in [4.69, 9.17) is 0 Å². The fourth-order valence-corrected chi connectivity index (χ4v) is 5.23. The number of nitrogens with zero attached hydrogens (tertiary/aromatic N) is 4. The number of hydrogen-bond donors (Lipinski definition) is 1. The molecule has 1 aliphatic carbocycles. The molecule has 0 radical (unpaired) electrons. The Kier molecular flexibility index (Phi) is 5.38. The minimum Gasteiger partial charge on any atom is -0.342 e. The third-order valence-corrected chi connectivity index (χ3v) is 6.88. The maximum absolute atomic E-state index is 13.2. The Morgan fingerprint density at radius 2 is 1.87 bits per heavy atom. The van der Waals surface area contributed by atoms with Gasteiger partial charge in [0.2, 0.25) is 5.91 Å². The number of aryl methyl sites for hydroxylation is 1. The van der Waals surface area contributed by atoms with Gasteiger partial charge in [-0.3, -0.25) is 14.5 Å². The first-order valence-corrected chi connectivity index (χ1v) is 11.5. The Morgan fingerprint density at radius 1 is 1.06 bits per heavy atom. The molecular weight excluding hydrogens is 394 g/mol. The van der Waals surface area contributed by atoms with Crippen LogP contribution in [0.15, 0.2) is 24.3 Å². The second kappa shape index (κ2) is 8.32. The van der Waals surface area contributed by atoms with E-state index in [-0.39, 0.29) is 23.9 Å². The molecule has 1 aromatic heterocycles. The number of aromatic amines is 1. The summed E-state index contributed by atoms with van der Waals surface area (Å²) in [6, 6.07) is 7.15. The number of H-pyrrole nitrogens is 1.